The van der Waals surface area contributed by atoms with Gasteiger partial charge >= 0.3 is 0 Å². The van der Waals surface area contributed by atoms with Crippen LogP contribution < -0.4 is 5.73 Å². The minimum atomic E-state index is 0.539. The molecule has 0 saturated carbocycles. The molecular formula is C26H35N3. The van der Waals surface area contributed by atoms with Crippen LogP contribution in [-0.2, 0) is 6.42 Å². The van der Waals surface area contributed by atoms with Crippen molar-refractivity contribution in [3.63, 3.8) is 0 Å². The Morgan fingerprint density at radius 2 is 1.41 bits per heavy atom. The second-order valence-corrected chi connectivity index (χ2v) is 8.00. The Kier molecular flexibility index (Phi) is 7.92. The van der Waals surface area contributed by atoms with Crippen LogP contribution in [0.25, 0.3) is 16.9 Å². The van der Waals surface area contributed by atoms with E-state index in [1.54, 1.807) is 0 Å². The standard InChI is InChI=1S/C26H35N3/c1-3-4-5-6-7-8-9-11-14-22-17-19-24(20-18-22)29-25(21(2)28-26(29)27)23-15-12-10-13-16-23/h10,12-13,15-20H,3-9,11,14H2,1-2H3,(H2,27,28). The number of nitrogens with two attached hydrogens (primary N) is 1. The van der Waals surface area contributed by atoms with Gasteiger partial charge in [-0.2, -0.15) is 0 Å². The maximum absolute atomic E-state index is 6.26. The third-order valence-corrected chi connectivity index (χ3v) is 5.64. The minimum Gasteiger partial charge on any atom is -0.369 e. The van der Waals surface area contributed by atoms with Crippen molar-refractivity contribution in [1.82, 2.24) is 9.55 Å². The average Bonchev–Trinajstić information content (AvgIpc) is 3.05. The van der Waals surface area contributed by atoms with Crippen LogP contribution in [0, 0.1) is 6.92 Å². The Morgan fingerprint density at radius 1 is 0.793 bits per heavy atom. The molecule has 3 heteroatoms. The zero-order valence-electron chi connectivity index (χ0n) is 18.0. The van der Waals surface area contributed by atoms with Gasteiger partial charge in [-0.25, -0.2) is 4.98 Å². The molecular weight excluding hydrogens is 354 g/mol. The van der Waals surface area contributed by atoms with E-state index in [0.717, 1.165) is 29.1 Å². The van der Waals surface area contributed by atoms with Crippen LogP contribution in [0.3, 0.4) is 0 Å². The van der Waals surface area contributed by atoms with E-state index in [2.05, 4.69) is 65.0 Å². The molecule has 1 aromatic heterocycles. The van der Waals surface area contributed by atoms with Gasteiger partial charge < -0.3 is 5.73 Å². The second-order valence-electron chi connectivity index (χ2n) is 8.00. The molecule has 1 heterocycles. The van der Waals surface area contributed by atoms with E-state index in [-0.39, 0.29) is 0 Å². The Hall–Kier alpha value is -2.55. The van der Waals surface area contributed by atoms with Gasteiger partial charge in [0.1, 0.15) is 0 Å². The molecule has 0 aliphatic rings. The summed E-state index contributed by atoms with van der Waals surface area (Å²) in [6.45, 7) is 4.29. The molecule has 0 atom stereocenters. The van der Waals surface area contributed by atoms with Crippen LogP contribution in [-0.4, -0.2) is 9.55 Å². The summed E-state index contributed by atoms with van der Waals surface area (Å²) < 4.78 is 2.06. The van der Waals surface area contributed by atoms with Crippen LogP contribution >= 0.6 is 0 Å². The Labute approximate surface area is 176 Å². The number of nitrogens with zero attached hydrogens (tertiary/aromatic N) is 2. The molecule has 29 heavy (non-hydrogen) atoms. The quantitative estimate of drug-likeness (QED) is 0.355. The fourth-order valence-electron chi connectivity index (χ4n) is 4.02. The maximum atomic E-state index is 6.26. The van der Waals surface area contributed by atoms with E-state index in [4.69, 9.17) is 5.73 Å². The zero-order chi connectivity index (χ0) is 20.5. The molecule has 0 unspecified atom stereocenters. The molecule has 0 aliphatic heterocycles. The largest absolute Gasteiger partial charge is 0.369 e. The molecule has 2 N–H and O–H groups in total. The van der Waals surface area contributed by atoms with Gasteiger partial charge in [-0.15, -0.1) is 0 Å². The highest BCUT2D eigenvalue weighted by Crippen LogP contribution is 2.29. The molecule has 0 amide bonds. The molecule has 2 aromatic carbocycles. The lowest BCUT2D eigenvalue weighted by molar-refractivity contribution is 0.575. The van der Waals surface area contributed by atoms with E-state index in [0.29, 0.717) is 5.95 Å². The predicted octanol–water partition coefficient (Wildman–Crippen LogP) is 7.11. The van der Waals surface area contributed by atoms with E-state index >= 15 is 0 Å². The lowest BCUT2D eigenvalue weighted by atomic mass is 10.0. The molecule has 0 aliphatic carbocycles. The van der Waals surface area contributed by atoms with Crippen molar-refractivity contribution in [2.24, 2.45) is 0 Å². The number of imidazole rings is 1. The first kappa shape index (κ1) is 21.2. The lowest BCUT2D eigenvalue weighted by Gasteiger charge is -2.12. The van der Waals surface area contributed by atoms with E-state index in [9.17, 15) is 0 Å². The molecule has 154 valence electrons. The molecule has 0 bridgehead atoms. The van der Waals surface area contributed by atoms with Crippen LogP contribution in [0.2, 0.25) is 0 Å². The first-order chi connectivity index (χ1) is 14.2. The van der Waals surface area contributed by atoms with E-state index < -0.39 is 0 Å². The highest BCUT2D eigenvalue weighted by Gasteiger charge is 2.15. The number of nitrogen functional groups attached to an aromatic ring is 1. The first-order valence-corrected chi connectivity index (χ1v) is 11.2. The zero-order valence-corrected chi connectivity index (χ0v) is 18.0. The molecule has 3 nitrogen and oxygen atoms in total. The Balaban J connectivity index is 1.60. The summed E-state index contributed by atoms with van der Waals surface area (Å²) in [6, 6.07) is 19.2. The van der Waals surface area contributed by atoms with E-state index in [1.165, 1.54) is 56.9 Å². The fraction of sp³-hybridized carbons (Fsp3) is 0.423. The molecule has 3 rings (SSSR count). The van der Waals surface area contributed by atoms with Crippen molar-refractivity contribution in [2.75, 3.05) is 5.73 Å². The normalized spacial score (nSPS) is 11.1. The van der Waals surface area contributed by atoms with Gasteiger partial charge in [-0.3, -0.25) is 4.57 Å². The van der Waals surface area contributed by atoms with Gasteiger partial charge in [0.15, 0.2) is 0 Å². The van der Waals surface area contributed by atoms with Gasteiger partial charge in [0.05, 0.1) is 11.4 Å². The third-order valence-electron chi connectivity index (χ3n) is 5.64. The van der Waals surface area contributed by atoms with Gasteiger partial charge in [0.25, 0.3) is 0 Å². The lowest BCUT2D eigenvalue weighted by Crippen LogP contribution is -2.03. The number of unbranched alkanes of at least 4 members (excludes halogenated alkanes) is 7. The van der Waals surface area contributed by atoms with Gasteiger partial charge in [-0.05, 0) is 37.5 Å². The number of aryl methyl sites for hydroxylation is 2. The van der Waals surface area contributed by atoms with Crippen LogP contribution in [0.4, 0.5) is 5.95 Å². The van der Waals surface area contributed by atoms with E-state index in [1.807, 2.05) is 13.0 Å². The Bertz CT molecular complexity index is 863. The summed E-state index contributed by atoms with van der Waals surface area (Å²) in [7, 11) is 0. The summed E-state index contributed by atoms with van der Waals surface area (Å²) in [5, 5.41) is 0. The average molecular weight is 390 g/mol. The minimum absolute atomic E-state index is 0.539. The van der Waals surface area contributed by atoms with Crippen molar-refractivity contribution in [1.29, 1.82) is 0 Å². The molecule has 0 radical (unpaired) electrons. The second kappa shape index (κ2) is 10.8. The smallest absolute Gasteiger partial charge is 0.205 e. The highest BCUT2D eigenvalue weighted by atomic mass is 15.2. The Morgan fingerprint density at radius 3 is 2.07 bits per heavy atom. The van der Waals surface area contributed by atoms with Crippen molar-refractivity contribution in [3.8, 4) is 16.9 Å². The summed E-state index contributed by atoms with van der Waals surface area (Å²) in [4.78, 5) is 4.52. The highest BCUT2D eigenvalue weighted by molar-refractivity contribution is 5.68. The molecule has 0 saturated heterocycles. The monoisotopic (exact) mass is 389 g/mol. The van der Waals surface area contributed by atoms with Crippen LogP contribution in [0.5, 0.6) is 0 Å². The summed E-state index contributed by atoms with van der Waals surface area (Å²) >= 11 is 0. The number of hydrogen-bond acceptors (Lipinski definition) is 2. The first-order valence-electron chi connectivity index (χ1n) is 11.2. The number of benzene rings is 2. The summed E-state index contributed by atoms with van der Waals surface area (Å²) in [5.74, 6) is 0.539. The van der Waals surface area contributed by atoms with Crippen molar-refractivity contribution < 1.29 is 0 Å². The van der Waals surface area contributed by atoms with Gasteiger partial charge in [-0.1, -0.05) is 94.3 Å². The summed E-state index contributed by atoms with van der Waals surface area (Å²) in [6.07, 6.45) is 12.0. The van der Waals surface area contributed by atoms with Crippen LogP contribution in [0.1, 0.15) is 69.5 Å². The van der Waals surface area contributed by atoms with Crippen molar-refractivity contribution in [2.45, 2.75) is 71.6 Å². The van der Waals surface area contributed by atoms with Crippen LogP contribution in [0.15, 0.2) is 54.6 Å². The number of anilines is 1. The maximum Gasteiger partial charge on any atom is 0.205 e. The number of rotatable bonds is 11. The number of aromatic nitrogens is 2. The van der Waals surface area contributed by atoms with Crippen molar-refractivity contribution >= 4 is 5.95 Å². The van der Waals surface area contributed by atoms with Gasteiger partial charge in [0, 0.05) is 11.3 Å². The van der Waals surface area contributed by atoms with Crippen molar-refractivity contribution in [3.05, 3.63) is 65.9 Å². The molecule has 3 aromatic rings. The summed E-state index contributed by atoms with van der Waals surface area (Å²) in [5.41, 5.74) is 11.9. The molecule has 0 spiro atoms. The molecule has 0 fully saturated rings. The SMILES string of the molecule is CCCCCCCCCCc1ccc(-n2c(N)nc(C)c2-c2ccccc2)cc1. The predicted molar refractivity (Wildman–Crippen MR) is 124 cm³/mol. The third kappa shape index (κ3) is 5.72. The number of hydrogen-bond donors (Lipinski definition) is 1. The topological polar surface area (TPSA) is 43.8 Å². The van der Waals surface area contributed by atoms with Gasteiger partial charge in [0.2, 0.25) is 5.95 Å². The fourth-order valence-corrected chi connectivity index (χ4v) is 4.02.